The average Bonchev–Trinajstić information content (AvgIpc) is 1.87. The van der Waals surface area contributed by atoms with Crippen molar-refractivity contribution < 1.29 is 9.90 Å². The zero-order valence-corrected chi connectivity index (χ0v) is 6.00. The van der Waals surface area contributed by atoms with Gasteiger partial charge in [0, 0.05) is 19.9 Å². The lowest BCUT2D eigenvalue weighted by molar-refractivity contribution is -0.137. The van der Waals surface area contributed by atoms with Crippen LogP contribution in [0.1, 0.15) is 19.3 Å². The molecule has 4 heteroatoms. The van der Waals surface area contributed by atoms with Crippen molar-refractivity contribution in [2.24, 2.45) is 10.7 Å². The van der Waals surface area contributed by atoms with Crippen LogP contribution in [0.15, 0.2) is 4.99 Å². The molecule has 0 rings (SSSR count). The van der Waals surface area contributed by atoms with Crippen LogP contribution in [0.4, 0.5) is 0 Å². The van der Waals surface area contributed by atoms with Crippen LogP contribution in [-0.4, -0.2) is 24.0 Å². The number of hydrogen-bond acceptors (Lipinski definition) is 2. The van der Waals surface area contributed by atoms with Crippen molar-refractivity contribution in [1.82, 2.24) is 0 Å². The molecule has 0 unspecified atom stereocenters. The summed E-state index contributed by atoms with van der Waals surface area (Å²) in [4.78, 5) is 13.7. The van der Waals surface area contributed by atoms with E-state index in [9.17, 15) is 4.79 Å². The molecule has 0 aliphatic rings. The molecule has 0 aliphatic carbocycles. The van der Waals surface area contributed by atoms with Crippen molar-refractivity contribution in [3.8, 4) is 0 Å². The van der Waals surface area contributed by atoms with Crippen LogP contribution in [0, 0.1) is 0 Å². The lowest BCUT2D eigenvalue weighted by Gasteiger charge is -1.95. The van der Waals surface area contributed by atoms with E-state index in [-0.39, 0.29) is 6.42 Å². The fraction of sp³-hybridized carbons (Fsp3) is 0.667. The van der Waals surface area contributed by atoms with Crippen LogP contribution in [0.25, 0.3) is 0 Å². The van der Waals surface area contributed by atoms with E-state index in [1.807, 2.05) is 0 Å². The number of amidine groups is 1. The molecule has 0 aliphatic heterocycles. The summed E-state index contributed by atoms with van der Waals surface area (Å²) in [6.45, 7) is 0. The van der Waals surface area contributed by atoms with Crippen LogP contribution in [0.5, 0.6) is 0 Å². The number of carbonyl (C=O) groups is 1. The van der Waals surface area contributed by atoms with E-state index in [1.54, 1.807) is 7.05 Å². The minimum Gasteiger partial charge on any atom is -0.481 e. The number of rotatable bonds is 4. The molecule has 0 aromatic rings. The van der Waals surface area contributed by atoms with Crippen LogP contribution >= 0.6 is 0 Å². The summed E-state index contributed by atoms with van der Waals surface area (Å²) in [5, 5.41) is 8.22. The van der Waals surface area contributed by atoms with Gasteiger partial charge in [0.25, 0.3) is 0 Å². The second-order valence-electron chi connectivity index (χ2n) is 1.96. The highest BCUT2D eigenvalue weighted by atomic mass is 16.4. The van der Waals surface area contributed by atoms with Gasteiger partial charge in [0.1, 0.15) is 0 Å². The van der Waals surface area contributed by atoms with Gasteiger partial charge >= 0.3 is 5.97 Å². The normalized spacial score (nSPS) is 11.5. The minimum atomic E-state index is -0.788. The average molecular weight is 144 g/mol. The standard InChI is InChI=1S/C6H12N2O2/c1-8-5(7)3-2-4-6(9)10/h2-4H2,1H3,(H2,7,8)(H,9,10). The molecule has 0 spiro atoms. The summed E-state index contributed by atoms with van der Waals surface area (Å²) >= 11 is 0. The van der Waals surface area contributed by atoms with Gasteiger partial charge in [-0.1, -0.05) is 0 Å². The Balaban J connectivity index is 3.29. The van der Waals surface area contributed by atoms with Crippen molar-refractivity contribution in [1.29, 1.82) is 0 Å². The lowest BCUT2D eigenvalue weighted by Crippen LogP contribution is -2.11. The highest BCUT2D eigenvalue weighted by Gasteiger charge is 1.96. The summed E-state index contributed by atoms with van der Waals surface area (Å²) in [7, 11) is 1.59. The number of hydrogen-bond donors (Lipinski definition) is 2. The molecular formula is C6H12N2O2. The van der Waals surface area contributed by atoms with E-state index >= 15 is 0 Å². The zero-order valence-electron chi connectivity index (χ0n) is 6.00. The third-order valence-corrected chi connectivity index (χ3v) is 1.11. The second kappa shape index (κ2) is 4.78. The van der Waals surface area contributed by atoms with Gasteiger partial charge in [-0.15, -0.1) is 0 Å². The fourth-order valence-electron chi connectivity index (χ4n) is 0.533. The van der Waals surface area contributed by atoms with Gasteiger partial charge in [-0.25, -0.2) is 0 Å². The Morgan fingerprint density at radius 1 is 1.60 bits per heavy atom. The van der Waals surface area contributed by atoms with Crippen LogP contribution in [0.3, 0.4) is 0 Å². The van der Waals surface area contributed by atoms with Gasteiger partial charge < -0.3 is 10.8 Å². The summed E-state index contributed by atoms with van der Waals surface area (Å²) < 4.78 is 0. The lowest BCUT2D eigenvalue weighted by atomic mass is 10.2. The first-order valence-corrected chi connectivity index (χ1v) is 3.09. The monoisotopic (exact) mass is 144 g/mol. The van der Waals surface area contributed by atoms with Crippen molar-refractivity contribution in [3.05, 3.63) is 0 Å². The SMILES string of the molecule is CN=C(N)CCCC(=O)O. The molecule has 0 saturated carbocycles. The van der Waals surface area contributed by atoms with Crippen LogP contribution in [0.2, 0.25) is 0 Å². The predicted octanol–water partition coefficient (Wildman–Crippen LogP) is 0.228. The number of aliphatic imine (C=N–C) groups is 1. The van der Waals surface area contributed by atoms with Crippen molar-refractivity contribution in [3.63, 3.8) is 0 Å². The van der Waals surface area contributed by atoms with Gasteiger partial charge in [-0.05, 0) is 6.42 Å². The predicted molar refractivity (Wildman–Crippen MR) is 39.0 cm³/mol. The number of carboxylic acid groups (broad SMARTS) is 1. The van der Waals surface area contributed by atoms with E-state index in [1.165, 1.54) is 0 Å². The molecule has 0 bridgehead atoms. The molecule has 0 amide bonds. The van der Waals surface area contributed by atoms with Gasteiger partial charge in [0.05, 0.1) is 5.84 Å². The summed E-state index contributed by atoms with van der Waals surface area (Å²) in [6, 6.07) is 0. The molecule has 10 heavy (non-hydrogen) atoms. The van der Waals surface area contributed by atoms with Crippen molar-refractivity contribution >= 4 is 11.8 Å². The fourth-order valence-corrected chi connectivity index (χ4v) is 0.533. The molecule has 0 heterocycles. The van der Waals surface area contributed by atoms with Gasteiger partial charge in [-0.3, -0.25) is 9.79 Å². The molecule has 0 fully saturated rings. The second-order valence-corrected chi connectivity index (χ2v) is 1.96. The summed E-state index contributed by atoms with van der Waals surface area (Å²) in [5.74, 6) is -0.273. The van der Waals surface area contributed by atoms with Gasteiger partial charge in [0.15, 0.2) is 0 Å². The zero-order chi connectivity index (χ0) is 7.98. The smallest absolute Gasteiger partial charge is 0.303 e. The van der Waals surface area contributed by atoms with E-state index in [4.69, 9.17) is 10.8 Å². The molecule has 4 nitrogen and oxygen atoms in total. The van der Waals surface area contributed by atoms with Crippen LogP contribution in [-0.2, 0) is 4.79 Å². The topological polar surface area (TPSA) is 75.7 Å². The highest BCUT2D eigenvalue weighted by molar-refractivity contribution is 5.80. The van der Waals surface area contributed by atoms with Gasteiger partial charge in [0.2, 0.25) is 0 Å². The molecule has 0 atom stereocenters. The Morgan fingerprint density at radius 3 is 2.60 bits per heavy atom. The van der Waals surface area contributed by atoms with Crippen LogP contribution < -0.4 is 5.73 Å². The molecule has 3 N–H and O–H groups in total. The van der Waals surface area contributed by atoms with Gasteiger partial charge in [-0.2, -0.15) is 0 Å². The van der Waals surface area contributed by atoms with E-state index in [2.05, 4.69) is 4.99 Å². The molecule has 0 aromatic carbocycles. The molecule has 0 aromatic heterocycles. The Kier molecular flexibility index (Phi) is 4.28. The van der Waals surface area contributed by atoms with E-state index in [0.717, 1.165) is 0 Å². The Hall–Kier alpha value is -1.06. The van der Waals surface area contributed by atoms with Crippen molar-refractivity contribution in [2.45, 2.75) is 19.3 Å². The number of carboxylic acids is 1. The molecular weight excluding hydrogens is 132 g/mol. The molecule has 0 radical (unpaired) electrons. The highest BCUT2D eigenvalue weighted by Crippen LogP contribution is 1.94. The first kappa shape index (κ1) is 8.94. The maximum Gasteiger partial charge on any atom is 0.303 e. The largest absolute Gasteiger partial charge is 0.481 e. The van der Waals surface area contributed by atoms with Crippen molar-refractivity contribution in [2.75, 3.05) is 7.05 Å². The van der Waals surface area contributed by atoms with E-state index in [0.29, 0.717) is 18.7 Å². The Morgan fingerprint density at radius 2 is 2.20 bits per heavy atom. The molecule has 58 valence electrons. The first-order chi connectivity index (χ1) is 4.66. The molecule has 0 saturated heterocycles. The van der Waals surface area contributed by atoms with E-state index < -0.39 is 5.97 Å². The Bertz CT molecular complexity index is 143. The third-order valence-electron chi connectivity index (χ3n) is 1.11. The minimum absolute atomic E-state index is 0.163. The summed E-state index contributed by atoms with van der Waals surface area (Å²) in [6.07, 6.45) is 1.30. The summed E-state index contributed by atoms with van der Waals surface area (Å²) in [5.41, 5.74) is 5.32. The third kappa shape index (κ3) is 5.08. The first-order valence-electron chi connectivity index (χ1n) is 3.09. The quantitative estimate of drug-likeness (QED) is 0.438. The maximum absolute atomic E-state index is 9.99. The number of nitrogens with two attached hydrogens (primary N) is 1. The Labute approximate surface area is 59.8 Å². The number of aliphatic carboxylic acids is 1. The number of nitrogens with zero attached hydrogens (tertiary/aromatic N) is 1. The maximum atomic E-state index is 9.99.